The Bertz CT molecular complexity index is 1100. The molecule has 2 aromatic carbocycles. The van der Waals surface area contributed by atoms with Gasteiger partial charge in [0.25, 0.3) is 0 Å². The van der Waals surface area contributed by atoms with Gasteiger partial charge in [-0.3, -0.25) is 0 Å². The molecule has 5 nitrogen and oxygen atoms in total. The molecule has 3 unspecified atom stereocenters. The number of aliphatic hydroxyl groups excluding tert-OH is 1. The molecule has 2 heterocycles. The lowest BCUT2D eigenvalue weighted by Gasteiger charge is -2.32. The van der Waals surface area contributed by atoms with Crippen LogP contribution in [0.4, 0.5) is 0 Å². The summed E-state index contributed by atoms with van der Waals surface area (Å²) in [5, 5.41) is 16.2. The van der Waals surface area contributed by atoms with Crippen LogP contribution in [-0.4, -0.2) is 34.7 Å². The van der Waals surface area contributed by atoms with Gasteiger partial charge in [-0.15, -0.1) is 0 Å². The average Bonchev–Trinajstić information content (AvgIpc) is 3.56. The number of nitrogens with zero attached hydrogens (tertiary/aromatic N) is 2. The van der Waals surface area contributed by atoms with Crippen molar-refractivity contribution >= 4 is 28.7 Å². The topological polar surface area (TPSA) is 56.0 Å². The lowest BCUT2D eigenvalue weighted by molar-refractivity contribution is -0.100. The molecule has 5 rings (SSSR count). The smallest absolute Gasteiger partial charge is 0.137 e. The highest BCUT2D eigenvalue weighted by Gasteiger charge is 2.30. The van der Waals surface area contributed by atoms with E-state index >= 15 is 0 Å². The third-order valence-electron chi connectivity index (χ3n) is 6.36. The van der Waals surface area contributed by atoms with Crippen LogP contribution in [0.15, 0.2) is 53.8 Å². The number of hydrogen-bond donors (Lipinski definition) is 1. The number of rotatable bonds is 7. The Kier molecular flexibility index (Phi) is 6.22. The molecule has 0 amide bonds. The summed E-state index contributed by atoms with van der Waals surface area (Å²) in [4.78, 5) is 5.08. The summed E-state index contributed by atoms with van der Waals surface area (Å²) in [5.74, 6) is 0.759. The molecule has 1 aliphatic carbocycles. The van der Waals surface area contributed by atoms with Gasteiger partial charge in [0, 0.05) is 24.4 Å². The van der Waals surface area contributed by atoms with E-state index in [4.69, 9.17) is 21.2 Å². The van der Waals surface area contributed by atoms with Crippen molar-refractivity contribution < 1.29 is 14.7 Å². The SMILES string of the molecule is CCON=CC1CC(O)CC(n2cc(Cc3ccc(C4CC4)cc3)c3c(Cl)cccc32)O1. The van der Waals surface area contributed by atoms with E-state index in [1.807, 2.05) is 19.1 Å². The van der Waals surface area contributed by atoms with E-state index in [0.29, 0.717) is 19.4 Å². The van der Waals surface area contributed by atoms with Gasteiger partial charge in [-0.2, -0.15) is 0 Å². The highest BCUT2D eigenvalue weighted by Crippen LogP contribution is 2.40. The first kappa shape index (κ1) is 21.5. The van der Waals surface area contributed by atoms with E-state index in [1.165, 1.54) is 24.0 Å². The second-order valence-electron chi connectivity index (χ2n) is 8.81. The number of aliphatic hydroxyl groups is 1. The molecule has 0 radical (unpaired) electrons. The van der Waals surface area contributed by atoms with Gasteiger partial charge in [-0.1, -0.05) is 47.1 Å². The first-order valence-electron chi connectivity index (χ1n) is 11.5. The minimum atomic E-state index is -0.470. The normalized spacial score (nSPS) is 23.8. The van der Waals surface area contributed by atoms with Gasteiger partial charge in [0.15, 0.2) is 0 Å². The molecule has 1 saturated carbocycles. The van der Waals surface area contributed by atoms with Gasteiger partial charge >= 0.3 is 0 Å². The van der Waals surface area contributed by atoms with Crippen LogP contribution in [0.2, 0.25) is 5.02 Å². The summed E-state index contributed by atoms with van der Waals surface area (Å²) in [6.45, 7) is 2.38. The number of ether oxygens (including phenoxy) is 1. The standard InChI is InChI=1S/C26H29ClN2O3/c1-2-31-28-15-22-13-21(30)14-25(32-22)29-16-20(26-23(27)4-3-5-24(26)29)12-17-6-8-18(9-7-17)19-10-11-19/h3-9,15-16,19,21-22,25,30H,2,10-14H2,1H3. The van der Waals surface area contributed by atoms with Gasteiger partial charge in [-0.25, -0.2) is 0 Å². The molecule has 32 heavy (non-hydrogen) atoms. The molecule has 2 fully saturated rings. The number of halogens is 1. The second-order valence-corrected chi connectivity index (χ2v) is 9.22. The highest BCUT2D eigenvalue weighted by molar-refractivity contribution is 6.35. The predicted octanol–water partition coefficient (Wildman–Crippen LogP) is 5.82. The molecule has 168 valence electrons. The van der Waals surface area contributed by atoms with Gasteiger partial charge in [0.2, 0.25) is 0 Å². The average molecular weight is 453 g/mol. The molecule has 1 saturated heterocycles. The predicted molar refractivity (Wildman–Crippen MR) is 127 cm³/mol. The summed E-state index contributed by atoms with van der Waals surface area (Å²) in [5.41, 5.74) is 4.88. The Morgan fingerprint density at radius 1 is 1.19 bits per heavy atom. The van der Waals surface area contributed by atoms with Crippen LogP contribution in [-0.2, 0) is 16.0 Å². The van der Waals surface area contributed by atoms with E-state index in [-0.39, 0.29) is 12.3 Å². The van der Waals surface area contributed by atoms with Crippen molar-refractivity contribution in [3.05, 3.63) is 70.4 Å². The number of fused-ring (bicyclic) bond motifs is 1. The lowest BCUT2D eigenvalue weighted by atomic mass is 10.0. The highest BCUT2D eigenvalue weighted by atomic mass is 35.5. The molecule has 0 spiro atoms. The van der Waals surface area contributed by atoms with Gasteiger partial charge in [0.05, 0.1) is 22.9 Å². The van der Waals surface area contributed by atoms with Crippen LogP contribution in [0.5, 0.6) is 0 Å². The largest absolute Gasteiger partial charge is 0.396 e. The fourth-order valence-electron chi connectivity index (χ4n) is 4.63. The summed E-state index contributed by atoms with van der Waals surface area (Å²) in [6.07, 6.45) is 7.14. The maximum absolute atomic E-state index is 10.5. The monoisotopic (exact) mass is 452 g/mol. The Labute approximate surface area is 193 Å². The Hall–Kier alpha value is -2.34. The van der Waals surface area contributed by atoms with Gasteiger partial charge < -0.3 is 19.2 Å². The number of benzene rings is 2. The number of aromatic nitrogens is 1. The summed E-state index contributed by atoms with van der Waals surface area (Å²) >= 11 is 6.66. The molecular weight excluding hydrogens is 424 g/mol. The van der Waals surface area contributed by atoms with Crippen molar-refractivity contribution in [1.29, 1.82) is 0 Å². The summed E-state index contributed by atoms with van der Waals surface area (Å²) in [7, 11) is 0. The van der Waals surface area contributed by atoms with Crippen molar-refractivity contribution in [2.45, 2.75) is 63.4 Å². The minimum absolute atomic E-state index is 0.301. The maximum Gasteiger partial charge on any atom is 0.137 e. The fraction of sp³-hybridized carbons (Fsp3) is 0.423. The van der Waals surface area contributed by atoms with E-state index in [0.717, 1.165) is 33.8 Å². The Morgan fingerprint density at radius 2 is 2.00 bits per heavy atom. The minimum Gasteiger partial charge on any atom is -0.396 e. The van der Waals surface area contributed by atoms with Crippen molar-refractivity contribution in [3.63, 3.8) is 0 Å². The van der Waals surface area contributed by atoms with Crippen molar-refractivity contribution in [1.82, 2.24) is 4.57 Å². The van der Waals surface area contributed by atoms with Gasteiger partial charge in [0.1, 0.15) is 18.9 Å². The zero-order valence-electron chi connectivity index (χ0n) is 18.3. The zero-order chi connectivity index (χ0) is 22.1. The molecule has 6 heteroatoms. The van der Waals surface area contributed by atoms with Crippen LogP contribution in [0.25, 0.3) is 10.9 Å². The summed E-state index contributed by atoms with van der Waals surface area (Å²) < 4.78 is 8.39. The quantitative estimate of drug-likeness (QED) is 0.362. The molecule has 1 aromatic heterocycles. The molecule has 3 atom stereocenters. The Morgan fingerprint density at radius 3 is 2.75 bits per heavy atom. The van der Waals surface area contributed by atoms with Crippen LogP contribution < -0.4 is 0 Å². The fourth-order valence-corrected chi connectivity index (χ4v) is 4.93. The van der Waals surface area contributed by atoms with Crippen molar-refractivity contribution in [2.24, 2.45) is 5.16 Å². The van der Waals surface area contributed by atoms with E-state index in [1.54, 1.807) is 6.21 Å². The maximum atomic E-state index is 10.5. The first-order valence-corrected chi connectivity index (χ1v) is 11.9. The third kappa shape index (κ3) is 4.56. The van der Waals surface area contributed by atoms with E-state index in [9.17, 15) is 5.11 Å². The van der Waals surface area contributed by atoms with Crippen LogP contribution in [0, 0.1) is 0 Å². The van der Waals surface area contributed by atoms with E-state index < -0.39 is 6.10 Å². The number of hydrogen-bond acceptors (Lipinski definition) is 4. The van der Waals surface area contributed by atoms with Crippen molar-refractivity contribution in [2.75, 3.05) is 6.61 Å². The zero-order valence-corrected chi connectivity index (χ0v) is 19.0. The molecule has 1 N–H and O–H groups in total. The van der Waals surface area contributed by atoms with Crippen molar-refractivity contribution in [3.8, 4) is 0 Å². The van der Waals surface area contributed by atoms with Crippen LogP contribution >= 0.6 is 11.6 Å². The summed E-state index contributed by atoms with van der Waals surface area (Å²) in [6, 6.07) is 14.9. The van der Waals surface area contributed by atoms with E-state index in [2.05, 4.69) is 46.3 Å². The Balaban J connectivity index is 1.45. The van der Waals surface area contributed by atoms with Crippen LogP contribution in [0.3, 0.4) is 0 Å². The van der Waals surface area contributed by atoms with Gasteiger partial charge in [-0.05, 0) is 60.9 Å². The molecule has 3 aromatic rings. The second kappa shape index (κ2) is 9.26. The van der Waals surface area contributed by atoms with Crippen LogP contribution in [0.1, 0.15) is 61.4 Å². The third-order valence-corrected chi connectivity index (χ3v) is 6.67. The number of oxime groups is 1. The first-order chi connectivity index (χ1) is 15.6. The molecule has 2 aliphatic rings. The molecular formula is C26H29ClN2O3. The molecule has 0 bridgehead atoms. The molecule has 1 aliphatic heterocycles. The lowest BCUT2D eigenvalue weighted by Crippen LogP contribution is -2.34.